The summed E-state index contributed by atoms with van der Waals surface area (Å²) in [5.74, 6) is -0.448. The predicted molar refractivity (Wildman–Crippen MR) is 82.3 cm³/mol. The van der Waals surface area contributed by atoms with Gasteiger partial charge in [0.2, 0.25) is 0 Å². The lowest BCUT2D eigenvalue weighted by Gasteiger charge is -2.24. The molecule has 21 heavy (non-hydrogen) atoms. The van der Waals surface area contributed by atoms with Crippen LogP contribution in [-0.4, -0.2) is 31.2 Å². The number of thiazole rings is 1. The van der Waals surface area contributed by atoms with Gasteiger partial charge in [-0.15, -0.1) is 11.3 Å². The fraction of sp³-hybridized carbons (Fsp3) is 0.333. The molecule has 0 spiro atoms. The third-order valence-corrected chi connectivity index (χ3v) is 4.46. The number of hydrogen-bond acceptors (Lipinski definition) is 5. The maximum atomic E-state index is 13.7. The highest BCUT2D eigenvalue weighted by atomic mass is 32.1. The molecule has 0 bridgehead atoms. The van der Waals surface area contributed by atoms with Gasteiger partial charge in [0.05, 0.1) is 5.69 Å². The van der Waals surface area contributed by atoms with E-state index in [1.165, 1.54) is 6.07 Å². The van der Waals surface area contributed by atoms with Crippen molar-refractivity contribution in [1.82, 2.24) is 4.98 Å². The van der Waals surface area contributed by atoms with E-state index in [1.54, 1.807) is 17.4 Å². The second-order valence-corrected chi connectivity index (χ2v) is 5.76. The van der Waals surface area contributed by atoms with Crippen LogP contribution in [-0.2, 0) is 0 Å². The molecule has 4 nitrogen and oxygen atoms in total. The Hall–Kier alpha value is -2.13. The molecule has 1 aliphatic rings. The van der Waals surface area contributed by atoms with Gasteiger partial charge in [0.1, 0.15) is 17.4 Å². The van der Waals surface area contributed by atoms with Crippen LogP contribution in [0.4, 0.5) is 15.2 Å². The molecular formula is C15H15FN4S. The Labute approximate surface area is 127 Å². The van der Waals surface area contributed by atoms with E-state index in [0.29, 0.717) is 5.69 Å². The van der Waals surface area contributed by atoms with Crippen molar-refractivity contribution < 1.29 is 4.39 Å². The van der Waals surface area contributed by atoms with Crippen LogP contribution in [0.3, 0.4) is 0 Å². The van der Waals surface area contributed by atoms with Crippen LogP contribution in [0.25, 0.3) is 0 Å². The summed E-state index contributed by atoms with van der Waals surface area (Å²) in [5, 5.41) is 12.2. The fourth-order valence-corrected chi connectivity index (χ4v) is 3.31. The minimum absolute atomic E-state index is 0.139. The number of rotatable bonds is 2. The number of nitriles is 1. The minimum Gasteiger partial charge on any atom is -0.369 e. The molecule has 3 rings (SSSR count). The van der Waals surface area contributed by atoms with Crippen molar-refractivity contribution in [3.05, 3.63) is 41.2 Å². The summed E-state index contributed by atoms with van der Waals surface area (Å²) in [4.78, 5) is 8.68. The molecule has 0 unspecified atom stereocenters. The molecule has 0 N–H and O–H groups in total. The Bertz CT molecular complexity index is 650. The maximum absolute atomic E-state index is 13.7. The molecule has 0 amide bonds. The number of benzene rings is 1. The van der Waals surface area contributed by atoms with Crippen LogP contribution < -0.4 is 9.80 Å². The zero-order chi connectivity index (χ0) is 14.7. The first kappa shape index (κ1) is 13.8. The molecule has 1 fully saturated rings. The van der Waals surface area contributed by atoms with Crippen molar-refractivity contribution in [2.24, 2.45) is 0 Å². The van der Waals surface area contributed by atoms with Crippen LogP contribution in [0.1, 0.15) is 12.0 Å². The lowest BCUT2D eigenvalue weighted by Crippen LogP contribution is -2.31. The Morgan fingerprint density at radius 2 is 2.00 bits per heavy atom. The second-order valence-electron chi connectivity index (χ2n) is 4.89. The SMILES string of the molecule is N#Cc1c(F)cccc1N1CCCN(c2nccs2)CC1. The number of nitrogens with zero attached hydrogens (tertiary/aromatic N) is 4. The first-order valence-electron chi connectivity index (χ1n) is 6.87. The van der Waals surface area contributed by atoms with Crippen LogP contribution in [0, 0.1) is 17.1 Å². The van der Waals surface area contributed by atoms with Gasteiger partial charge < -0.3 is 9.80 Å². The summed E-state index contributed by atoms with van der Waals surface area (Å²) in [6, 6.07) is 6.80. The first-order chi connectivity index (χ1) is 10.3. The fourth-order valence-electron chi connectivity index (χ4n) is 2.61. The van der Waals surface area contributed by atoms with Crippen LogP contribution in [0.15, 0.2) is 29.8 Å². The van der Waals surface area contributed by atoms with Gasteiger partial charge in [-0.2, -0.15) is 5.26 Å². The quantitative estimate of drug-likeness (QED) is 0.855. The highest BCUT2D eigenvalue weighted by molar-refractivity contribution is 7.13. The molecule has 1 aromatic heterocycles. The van der Waals surface area contributed by atoms with E-state index < -0.39 is 5.82 Å². The number of halogens is 1. The van der Waals surface area contributed by atoms with E-state index in [-0.39, 0.29) is 5.56 Å². The van der Waals surface area contributed by atoms with Crippen molar-refractivity contribution in [2.45, 2.75) is 6.42 Å². The molecule has 108 valence electrons. The van der Waals surface area contributed by atoms with Crippen LogP contribution >= 0.6 is 11.3 Å². The third-order valence-electron chi connectivity index (χ3n) is 3.63. The highest BCUT2D eigenvalue weighted by Crippen LogP contribution is 2.25. The van der Waals surface area contributed by atoms with Crippen molar-refractivity contribution in [3.63, 3.8) is 0 Å². The Kier molecular flexibility index (Phi) is 4.02. The normalized spacial score (nSPS) is 15.6. The van der Waals surface area contributed by atoms with Gasteiger partial charge in [0.15, 0.2) is 5.13 Å². The van der Waals surface area contributed by atoms with Crippen LogP contribution in [0.2, 0.25) is 0 Å². The van der Waals surface area contributed by atoms with E-state index in [4.69, 9.17) is 5.26 Å². The van der Waals surface area contributed by atoms with Gasteiger partial charge in [0, 0.05) is 37.8 Å². The summed E-state index contributed by atoms with van der Waals surface area (Å²) in [6.07, 6.45) is 2.77. The van der Waals surface area contributed by atoms with Gasteiger partial charge in [-0.1, -0.05) is 6.07 Å². The van der Waals surface area contributed by atoms with E-state index >= 15 is 0 Å². The predicted octanol–water partition coefficient (Wildman–Crippen LogP) is 2.87. The standard InChI is InChI=1S/C15H15FN4S/c16-13-3-1-4-14(12(13)11-17)19-6-2-7-20(9-8-19)15-18-5-10-21-15/h1,3-5,10H,2,6-9H2. The summed E-state index contributed by atoms with van der Waals surface area (Å²) in [5.41, 5.74) is 0.832. The average Bonchev–Trinajstić information content (AvgIpc) is 2.92. The van der Waals surface area contributed by atoms with Crippen molar-refractivity contribution in [2.75, 3.05) is 36.0 Å². The Balaban J connectivity index is 1.80. The van der Waals surface area contributed by atoms with Gasteiger partial charge in [-0.3, -0.25) is 0 Å². The topological polar surface area (TPSA) is 43.2 Å². The monoisotopic (exact) mass is 302 g/mol. The molecule has 1 aromatic carbocycles. The van der Waals surface area contributed by atoms with Gasteiger partial charge in [-0.25, -0.2) is 9.37 Å². The number of aromatic nitrogens is 1. The lowest BCUT2D eigenvalue weighted by atomic mass is 10.1. The largest absolute Gasteiger partial charge is 0.369 e. The highest BCUT2D eigenvalue weighted by Gasteiger charge is 2.20. The molecule has 0 aliphatic carbocycles. The number of anilines is 2. The zero-order valence-electron chi connectivity index (χ0n) is 11.5. The minimum atomic E-state index is -0.448. The summed E-state index contributed by atoms with van der Waals surface area (Å²) >= 11 is 1.63. The van der Waals surface area contributed by atoms with E-state index in [2.05, 4.69) is 14.8 Å². The average molecular weight is 302 g/mol. The molecular weight excluding hydrogens is 287 g/mol. The van der Waals surface area contributed by atoms with Crippen molar-refractivity contribution in [3.8, 4) is 6.07 Å². The molecule has 2 heterocycles. The molecule has 1 aliphatic heterocycles. The Morgan fingerprint density at radius 1 is 1.19 bits per heavy atom. The van der Waals surface area contributed by atoms with Crippen molar-refractivity contribution >= 4 is 22.2 Å². The van der Waals surface area contributed by atoms with Crippen molar-refractivity contribution in [1.29, 1.82) is 5.26 Å². The molecule has 0 saturated carbocycles. The molecule has 0 atom stereocenters. The van der Waals surface area contributed by atoms with Gasteiger partial charge in [0.25, 0.3) is 0 Å². The zero-order valence-corrected chi connectivity index (χ0v) is 12.3. The third kappa shape index (κ3) is 2.83. The summed E-state index contributed by atoms with van der Waals surface area (Å²) in [7, 11) is 0. The van der Waals surface area contributed by atoms with Gasteiger partial charge >= 0.3 is 0 Å². The van der Waals surface area contributed by atoms with Gasteiger partial charge in [-0.05, 0) is 18.6 Å². The van der Waals surface area contributed by atoms with E-state index in [9.17, 15) is 4.39 Å². The Morgan fingerprint density at radius 3 is 2.76 bits per heavy atom. The molecule has 0 radical (unpaired) electrons. The number of hydrogen-bond donors (Lipinski definition) is 0. The second kappa shape index (κ2) is 6.10. The smallest absolute Gasteiger partial charge is 0.185 e. The summed E-state index contributed by atoms with van der Waals surface area (Å²) in [6.45, 7) is 3.34. The van der Waals surface area contributed by atoms with E-state index in [1.807, 2.05) is 23.7 Å². The summed E-state index contributed by atoms with van der Waals surface area (Å²) < 4.78 is 13.7. The molecule has 6 heteroatoms. The maximum Gasteiger partial charge on any atom is 0.185 e. The van der Waals surface area contributed by atoms with Crippen LogP contribution in [0.5, 0.6) is 0 Å². The lowest BCUT2D eigenvalue weighted by molar-refractivity contribution is 0.622. The molecule has 1 saturated heterocycles. The van der Waals surface area contributed by atoms with E-state index in [0.717, 1.165) is 37.7 Å². The first-order valence-corrected chi connectivity index (χ1v) is 7.75. The molecule has 2 aromatic rings.